The van der Waals surface area contributed by atoms with Crippen LogP contribution in [0.5, 0.6) is 0 Å². The standard InChI is InChI=1S/C17H29NO/c1-6-17(19-5)12-11-15(3)8-7-14(2)9-10-16(4)13-18/h14-17H,6,9-12H2,1-5H3. The van der Waals surface area contributed by atoms with E-state index in [4.69, 9.17) is 10.00 Å². The van der Waals surface area contributed by atoms with Crippen LogP contribution in [0.1, 0.15) is 59.8 Å². The lowest BCUT2D eigenvalue weighted by molar-refractivity contribution is 0.0884. The third-order valence-electron chi connectivity index (χ3n) is 3.54. The zero-order valence-corrected chi connectivity index (χ0v) is 13.2. The van der Waals surface area contributed by atoms with Crippen molar-refractivity contribution in [3.05, 3.63) is 0 Å². The predicted octanol–water partition coefficient (Wildman–Crippen LogP) is 4.41. The highest BCUT2D eigenvalue weighted by Crippen LogP contribution is 2.13. The second kappa shape index (κ2) is 10.9. The van der Waals surface area contributed by atoms with Gasteiger partial charge in [0, 0.05) is 24.9 Å². The Morgan fingerprint density at radius 1 is 0.895 bits per heavy atom. The van der Waals surface area contributed by atoms with Crippen LogP contribution in [0, 0.1) is 40.9 Å². The Kier molecular flexibility index (Phi) is 10.3. The fourth-order valence-corrected chi connectivity index (χ4v) is 1.92. The van der Waals surface area contributed by atoms with Gasteiger partial charge in [0.2, 0.25) is 0 Å². The number of nitriles is 1. The molecule has 108 valence electrons. The number of hydrogen-bond donors (Lipinski definition) is 0. The second-order valence-corrected chi connectivity index (χ2v) is 5.54. The molecule has 2 heteroatoms. The summed E-state index contributed by atoms with van der Waals surface area (Å²) >= 11 is 0. The highest BCUT2D eigenvalue weighted by atomic mass is 16.5. The van der Waals surface area contributed by atoms with Crippen LogP contribution >= 0.6 is 0 Å². The van der Waals surface area contributed by atoms with Gasteiger partial charge in [0.05, 0.1) is 12.2 Å². The monoisotopic (exact) mass is 263 g/mol. The van der Waals surface area contributed by atoms with Crippen molar-refractivity contribution in [2.45, 2.75) is 65.9 Å². The summed E-state index contributed by atoms with van der Waals surface area (Å²) in [5.41, 5.74) is 0. The molecule has 0 N–H and O–H groups in total. The Morgan fingerprint density at radius 2 is 1.37 bits per heavy atom. The molecule has 4 unspecified atom stereocenters. The lowest BCUT2D eigenvalue weighted by Crippen LogP contribution is -2.10. The smallest absolute Gasteiger partial charge is 0.0652 e. The molecular formula is C17H29NO. The number of methoxy groups -OCH3 is 1. The van der Waals surface area contributed by atoms with Gasteiger partial charge in [-0.1, -0.05) is 32.6 Å². The first-order valence-electron chi connectivity index (χ1n) is 7.46. The number of hydrogen-bond acceptors (Lipinski definition) is 2. The van der Waals surface area contributed by atoms with Crippen LogP contribution in [0.4, 0.5) is 0 Å². The summed E-state index contributed by atoms with van der Waals surface area (Å²) in [7, 11) is 1.78. The van der Waals surface area contributed by atoms with Crippen molar-refractivity contribution < 1.29 is 4.74 Å². The lowest BCUT2D eigenvalue weighted by Gasteiger charge is -2.13. The van der Waals surface area contributed by atoms with E-state index in [0.29, 0.717) is 17.9 Å². The molecule has 0 aliphatic rings. The van der Waals surface area contributed by atoms with Crippen molar-refractivity contribution >= 4 is 0 Å². The average Bonchev–Trinajstić information content (AvgIpc) is 2.43. The average molecular weight is 263 g/mol. The zero-order valence-electron chi connectivity index (χ0n) is 13.2. The van der Waals surface area contributed by atoms with Crippen molar-refractivity contribution in [2.24, 2.45) is 17.8 Å². The summed E-state index contributed by atoms with van der Waals surface area (Å²) in [5, 5.41) is 8.74. The van der Waals surface area contributed by atoms with Gasteiger partial charge in [-0.2, -0.15) is 5.26 Å². The first-order chi connectivity index (χ1) is 9.03. The third-order valence-corrected chi connectivity index (χ3v) is 3.54. The van der Waals surface area contributed by atoms with E-state index in [-0.39, 0.29) is 5.92 Å². The molecule has 0 saturated heterocycles. The molecule has 0 amide bonds. The van der Waals surface area contributed by atoms with Crippen molar-refractivity contribution in [2.75, 3.05) is 7.11 Å². The van der Waals surface area contributed by atoms with Crippen molar-refractivity contribution in [3.63, 3.8) is 0 Å². The second-order valence-electron chi connectivity index (χ2n) is 5.54. The molecule has 0 aliphatic heterocycles. The Morgan fingerprint density at radius 3 is 1.79 bits per heavy atom. The van der Waals surface area contributed by atoms with E-state index in [1.54, 1.807) is 7.11 Å². The molecule has 0 saturated carbocycles. The third kappa shape index (κ3) is 9.57. The SMILES string of the molecule is CCC(CCC(C)C#CC(C)CCC(C)C#N)OC. The maximum atomic E-state index is 8.74. The fraction of sp³-hybridized carbons (Fsp3) is 0.824. The maximum Gasteiger partial charge on any atom is 0.0652 e. The molecule has 0 radical (unpaired) electrons. The van der Waals surface area contributed by atoms with Crippen molar-refractivity contribution in [1.29, 1.82) is 5.26 Å². The van der Waals surface area contributed by atoms with Gasteiger partial charge in [-0.3, -0.25) is 0 Å². The first kappa shape index (κ1) is 18.0. The molecule has 0 spiro atoms. The summed E-state index contributed by atoms with van der Waals surface area (Å²) < 4.78 is 5.37. The predicted molar refractivity (Wildman–Crippen MR) is 80.4 cm³/mol. The van der Waals surface area contributed by atoms with Gasteiger partial charge >= 0.3 is 0 Å². The van der Waals surface area contributed by atoms with Gasteiger partial charge in [-0.05, 0) is 39.0 Å². The molecule has 0 aromatic heterocycles. The van der Waals surface area contributed by atoms with Gasteiger partial charge in [0.15, 0.2) is 0 Å². The molecule has 4 atom stereocenters. The molecule has 2 nitrogen and oxygen atoms in total. The summed E-state index contributed by atoms with van der Waals surface area (Å²) in [4.78, 5) is 0. The van der Waals surface area contributed by atoms with Gasteiger partial charge in [0.1, 0.15) is 0 Å². The molecule has 0 aliphatic carbocycles. The van der Waals surface area contributed by atoms with Gasteiger partial charge in [-0.15, -0.1) is 0 Å². The minimum absolute atomic E-state index is 0.147. The number of rotatable bonds is 8. The zero-order chi connectivity index (χ0) is 14.7. The Balaban J connectivity index is 3.95. The van der Waals surface area contributed by atoms with Gasteiger partial charge in [-0.25, -0.2) is 0 Å². The molecule has 0 fully saturated rings. The lowest BCUT2D eigenvalue weighted by atomic mass is 9.97. The van der Waals surface area contributed by atoms with Crippen LogP contribution in [-0.2, 0) is 4.74 Å². The van der Waals surface area contributed by atoms with E-state index < -0.39 is 0 Å². The first-order valence-corrected chi connectivity index (χ1v) is 7.46. The van der Waals surface area contributed by atoms with Crippen LogP contribution in [0.2, 0.25) is 0 Å². The van der Waals surface area contributed by atoms with Crippen molar-refractivity contribution in [1.82, 2.24) is 0 Å². The molecule has 0 bridgehead atoms. The van der Waals surface area contributed by atoms with E-state index in [2.05, 4.69) is 38.7 Å². The number of ether oxygens (including phenoxy) is 1. The van der Waals surface area contributed by atoms with E-state index in [1.165, 1.54) is 0 Å². The Hall–Kier alpha value is -0.990. The van der Waals surface area contributed by atoms with Crippen LogP contribution in [0.15, 0.2) is 0 Å². The molecule has 19 heavy (non-hydrogen) atoms. The normalized spacial score (nSPS) is 16.6. The van der Waals surface area contributed by atoms with E-state index in [9.17, 15) is 0 Å². The minimum Gasteiger partial charge on any atom is -0.381 e. The summed E-state index contributed by atoms with van der Waals surface area (Å²) in [5.74, 6) is 7.63. The van der Waals surface area contributed by atoms with E-state index >= 15 is 0 Å². The molecule has 0 aromatic carbocycles. The molecule has 0 rings (SSSR count). The highest BCUT2D eigenvalue weighted by molar-refractivity contribution is 5.05. The highest BCUT2D eigenvalue weighted by Gasteiger charge is 2.07. The van der Waals surface area contributed by atoms with Crippen LogP contribution in [-0.4, -0.2) is 13.2 Å². The van der Waals surface area contributed by atoms with Crippen molar-refractivity contribution in [3.8, 4) is 17.9 Å². The van der Waals surface area contributed by atoms with Crippen LogP contribution < -0.4 is 0 Å². The molecular weight excluding hydrogens is 234 g/mol. The summed E-state index contributed by atoms with van der Waals surface area (Å²) in [6, 6.07) is 2.27. The molecule has 0 heterocycles. The Bertz CT molecular complexity index is 316. The minimum atomic E-state index is 0.147. The van der Waals surface area contributed by atoms with Crippen LogP contribution in [0.3, 0.4) is 0 Å². The topological polar surface area (TPSA) is 33.0 Å². The largest absolute Gasteiger partial charge is 0.381 e. The Labute approximate surface area is 119 Å². The molecule has 0 aromatic rings. The quantitative estimate of drug-likeness (QED) is 0.608. The van der Waals surface area contributed by atoms with E-state index in [1.807, 2.05) is 6.92 Å². The van der Waals surface area contributed by atoms with E-state index in [0.717, 1.165) is 32.1 Å². The number of nitrogens with zero attached hydrogens (tertiary/aromatic N) is 1. The fourth-order valence-electron chi connectivity index (χ4n) is 1.92. The maximum absolute atomic E-state index is 8.74. The van der Waals surface area contributed by atoms with Gasteiger partial charge in [0.25, 0.3) is 0 Å². The summed E-state index contributed by atoms with van der Waals surface area (Å²) in [6.45, 7) is 8.45. The van der Waals surface area contributed by atoms with Crippen LogP contribution in [0.25, 0.3) is 0 Å². The summed E-state index contributed by atoms with van der Waals surface area (Å²) in [6.07, 6.45) is 5.59. The van der Waals surface area contributed by atoms with Gasteiger partial charge < -0.3 is 4.74 Å².